The highest BCUT2D eigenvalue weighted by atomic mass is 32.1. The van der Waals surface area contributed by atoms with Crippen LogP contribution in [0.3, 0.4) is 0 Å². The Kier molecular flexibility index (Phi) is 5.02. The van der Waals surface area contributed by atoms with Crippen LogP contribution in [0.25, 0.3) is 0 Å². The van der Waals surface area contributed by atoms with Gasteiger partial charge in [0.2, 0.25) is 0 Å². The second-order valence-electron chi connectivity index (χ2n) is 1.72. The van der Waals surface area contributed by atoms with E-state index in [1.165, 1.54) is 0 Å². The Hall–Kier alpha value is 1.28. The summed E-state index contributed by atoms with van der Waals surface area (Å²) in [6.07, 6.45) is 0. The van der Waals surface area contributed by atoms with E-state index in [2.05, 4.69) is 37.9 Å². The van der Waals surface area contributed by atoms with E-state index in [0.717, 1.165) is 0 Å². The number of thiol groups is 3. The van der Waals surface area contributed by atoms with E-state index in [0.29, 0.717) is 0 Å². The van der Waals surface area contributed by atoms with Crippen molar-refractivity contribution in [2.24, 2.45) is 5.73 Å². The molecule has 1 nitrogen and oxygen atoms in total. The van der Waals surface area contributed by atoms with E-state index >= 15 is 0 Å². The van der Waals surface area contributed by atoms with Gasteiger partial charge < -0.3 is 5.73 Å². The van der Waals surface area contributed by atoms with E-state index in [9.17, 15) is 0 Å². The van der Waals surface area contributed by atoms with Gasteiger partial charge in [-0.2, -0.15) is 0 Å². The maximum Gasteiger partial charge on any atom is 0.140 e. The zero-order valence-electron chi connectivity index (χ0n) is 5.14. The monoisotopic (exact) mass is 259 g/mol. The van der Waals surface area contributed by atoms with Gasteiger partial charge in [-0.25, -0.2) is 0 Å². The lowest BCUT2D eigenvalue weighted by atomic mass is 10.1. The molecule has 0 aromatic heterocycles. The van der Waals surface area contributed by atoms with Crippen LogP contribution in [0.5, 0.6) is 0 Å². The molecule has 0 spiro atoms. The van der Waals surface area contributed by atoms with Crippen molar-refractivity contribution in [1.29, 1.82) is 0 Å². The SMILES string of the molecule is NC(C(=S)S)(C(=S)S)C(=S)S. The Balaban J connectivity index is 4.99. The predicted octanol–water partition coefficient (Wildman–Crippen LogP) is 1.46. The van der Waals surface area contributed by atoms with Gasteiger partial charge in [-0.05, 0) is 0 Å². The van der Waals surface area contributed by atoms with Crippen molar-refractivity contribution < 1.29 is 0 Å². The normalized spacial score (nSPS) is 10.9. The molecule has 11 heavy (non-hydrogen) atoms. The van der Waals surface area contributed by atoms with Crippen LogP contribution >= 0.6 is 74.5 Å². The fourth-order valence-electron chi connectivity index (χ4n) is 0.274. The van der Waals surface area contributed by atoms with Crippen LogP contribution in [0.4, 0.5) is 0 Å². The maximum absolute atomic E-state index is 5.67. The van der Waals surface area contributed by atoms with Crippen molar-refractivity contribution in [1.82, 2.24) is 0 Å². The minimum absolute atomic E-state index is 0.178. The zero-order chi connectivity index (χ0) is 9.23. The van der Waals surface area contributed by atoms with Crippen molar-refractivity contribution >= 4 is 87.1 Å². The highest BCUT2D eigenvalue weighted by molar-refractivity contribution is 8.18. The van der Waals surface area contributed by atoms with Gasteiger partial charge in [0.25, 0.3) is 0 Å². The van der Waals surface area contributed by atoms with Crippen molar-refractivity contribution in [2.75, 3.05) is 0 Å². The zero-order valence-corrected chi connectivity index (χ0v) is 10.3. The quantitative estimate of drug-likeness (QED) is 0.456. The molecule has 0 unspecified atom stereocenters. The summed E-state index contributed by atoms with van der Waals surface area (Å²) in [6, 6.07) is 0. The lowest BCUT2D eigenvalue weighted by molar-refractivity contribution is 1.08. The molecule has 0 aromatic rings. The smallest absolute Gasteiger partial charge is 0.140 e. The second-order valence-corrected chi connectivity index (χ2v) is 5.20. The van der Waals surface area contributed by atoms with Crippen LogP contribution < -0.4 is 5.73 Å². The lowest BCUT2D eigenvalue weighted by Gasteiger charge is -2.24. The molecular formula is C4H5NS6. The minimum Gasteiger partial charge on any atom is -0.311 e. The summed E-state index contributed by atoms with van der Waals surface area (Å²) in [6.45, 7) is 0. The van der Waals surface area contributed by atoms with Crippen LogP contribution in [0.1, 0.15) is 0 Å². The van der Waals surface area contributed by atoms with Crippen LogP contribution in [0, 0.1) is 0 Å². The summed E-state index contributed by atoms with van der Waals surface area (Å²) in [5.74, 6) is 0. The molecular weight excluding hydrogens is 254 g/mol. The minimum atomic E-state index is -1.21. The topological polar surface area (TPSA) is 26.0 Å². The summed E-state index contributed by atoms with van der Waals surface area (Å²) in [4.78, 5) is 0. The number of nitrogens with two attached hydrogens (primary N) is 1. The van der Waals surface area contributed by atoms with Gasteiger partial charge in [0.1, 0.15) is 5.54 Å². The predicted molar refractivity (Wildman–Crippen MR) is 71.7 cm³/mol. The molecule has 0 radical (unpaired) electrons. The third-order valence-corrected chi connectivity index (χ3v) is 3.04. The number of hydrogen-bond donors (Lipinski definition) is 4. The third-order valence-electron chi connectivity index (χ3n) is 1.01. The van der Waals surface area contributed by atoms with Crippen LogP contribution in [0.2, 0.25) is 0 Å². The first kappa shape index (κ1) is 12.3. The average Bonchev–Trinajstić information content (AvgIpc) is 1.84. The van der Waals surface area contributed by atoms with E-state index in [1.807, 2.05) is 0 Å². The van der Waals surface area contributed by atoms with E-state index < -0.39 is 5.54 Å². The first-order chi connectivity index (χ1) is 4.83. The second kappa shape index (κ2) is 4.50. The van der Waals surface area contributed by atoms with Crippen molar-refractivity contribution in [3.63, 3.8) is 0 Å². The van der Waals surface area contributed by atoms with Gasteiger partial charge >= 0.3 is 0 Å². The van der Waals surface area contributed by atoms with Gasteiger partial charge in [0.15, 0.2) is 0 Å². The first-order valence-electron chi connectivity index (χ1n) is 2.32. The summed E-state index contributed by atoms with van der Waals surface area (Å²) < 4.78 is 0.535. The van der Waals surface area contributed by atoms with Gasteiger partial charge in [0.05, 0.1) is 12.6 Å². The summed E-state index contributed by atoms with van der Waals surface area (Å²) in [7, 11) is 0. The molecule has 0 amide bonds. The van der Waals surface area contributed by atoms with Crippen molar-refractivity contribution in [3.05, 3.63) is 0 Å². The van der Waals surface area contributed by atoms with Crippen LogP contribution in [-0.2, 0) is 0 Å². The number of hydrogen-bond acceptors (Lipinski definition) is 4. The molecule has 2 N–H and O–H groups in total. The molecule has 0 atom stereocenters. The molecule has 7 heteroatoms. The molecule has 0 aromatic carbocycles. The fraction of sp³-hybridized carbons (Fsp3) is 0.250. The summed E-state index contributed by atoms with van der Waals surface area (Å²) >= 11 is 25.9. The van der Waals surface area contributed by atoms with Crippen LogP contribution in [-0.4, -0.2) is 18.1 Å². The maximum atomic E-state index is 5.67. The van der Waals surface area contributed by atoms with Crippen molar-refractivity contribution in [2.45, 2.75) is 5.54 Å². The van der Waals surface area contributed by atoms with E-state index in [-0.39, 0.29) is 12.6 Å². The lowest BCUT2D eigenvalue weighted by Crippen LogP contribution is -2.54. The molecule has 62 valence electrons. The van der Waals surface area contributed by atoms with Gasteiger partial charge in [-0.1, -0.05) is 36.7 Å². The van der Waals surface area contributed by atoms with Crippen molar-refractivity contribution in [3.8, 4) is 0 Å². The first-order valence-corrected chi connectivity index (χ1v) is 4.89. The standard InChI is InChI=1S/C4H5NS6/c5-4(1(6)7,2(8)9)3(10)11/h5H2,(H,6,7)(H,8,9)(H,10,11). The van der Waals surface area contributed by atoms with E-state index in [4.69, 9.17) is 42.4 Å². The Labute approximate surface area is 97.7 Å². The largest absolute Gasteiger partial charge is 0.311 e. The Morgan fingerprint density at radius 1 is 0.909 bits per heavy atom. The Morgan fingerprint density at radius 3 is 1.09 bits per heavy atom. The van der Waals surface area contributed by atoms with Gasteiger partial charge in [-0.15, -0.1) is 37.9 Å². The van der Waals surface area contributed by atoms with Gasteiger partial charge in [-0.3, -0.25) is 0 Å². The molecule has 0 saturated heterocycles. The summed E-state index contributed by atoms with van der Waals surface area (Å²) in [5.41, 5.74) is 4.46. The average molecular weight is 259 g/mol. The third kappa shape index (κ3) is 2.61. The molecule has 0 saturated carbocycles. The Bertz CT molecular complexity index is 185. The highest BCUT2D eigenvalue weighted by Crippen LogP contribution is 2.17. The van der Waals surface area contributed by atoms with Crippen LogP contribution in [0.15, 0.2) is 0 Å². The Morgan fingerprint density at radius 2 is 1.09 bits per heavy atom. The summed E-state index contributed by atoms with van der Waals surface area (Å²) in [5, 5.41) is 0. The molecule has 0 rings (SSSR count). The number of thiocarbonyl (C=S) groups is 3. The molecule has 0 aliphatic carbocycles. The molecule has 0 bridgehead atoms. The molecule has 0 heterocycles. The van der Waals surface area contributed by atoms with Gasteiger partial charge in [0, 0.05) is 0 Å². The molecule has 0 aliphatic heterocycles. The van der Waals surface area contributed by atoms with E-state index in [1.54, 1.807) is 0 Å². The fourth-order valence-corrected chi connectivity index (χ4v) is 2.47. The number of rotatable bonds is 3. The highest BCUT2D eigenvalue weighted by Gasteiger charge is 2.34. The molecule has 0 fully saturated rings. The molecule has 0 aliphatic rings.